The zero-order valence-electron chi connectivity index (χ0n) is 11.8. The van der Waals surface area contributed by atoms with Crippen molar-refractivity contribution in [2.24, 2.45) is 5.41 Å². The summed E-state index contributed by atoms with van der Waals surface area (Å²) in [5.41, 5.74) is -0.746. The number of carbonyl (C=O) groups excluding carboxylic acids is 1. The van der Waals surface area contributed by atoms with Crippen molar-refractivity contribution in [3.05, 3.63) is 0 Å². The molecule has 1 amide bonds. The number of aliphatic carboxylic acids is 1. The van der Waals surface area contributed by atoms with Gasteiger partial charge in [0.25, 0.3) is 0 Å². The Hall–Kier alpha value is -1.10. The normalized spacial score (nSPS) is 18.6. The van der Waals surface area contributed by atoms with Crippen LogP contribution in [0.15, 0.2) is 0 Å². The van der Waals surface area contributed by atoms with E-state index in [-0.39, 0.29) is 12.5 Å². The highest BCUT2D eigenvalue weighted by atomic mass is 16.4. The molecule has 19 heavy (non-hydrogen) atoms. The Kier molecular flexibility index (Phi) is 6.84. The first kappa shape index (κ1) is 16.0. The third kappa shape index (κ3) is 5.19. The zero-order chi connectivity index (χ0) is 14.1. The smallest absolute Gasteiger partial charge is 0.311 e. The summed E-state index contributed by atoms with van der Waals surface area (Å²) < 4.78 is 0. The maximum atomic E-state index is 11.7. The van der Waals surface area contributed by atoms with Crippen LogP contribution in [0.5, 0.6) is 0 Å². The van der Waals surface area contributed by atoms with Crippen molar-refractivity contribution in [3.8, 4) is 0 Å². The number of carboxylic acids is 1. The first-order valence-corrected chi connectivity index (χ1v) is 7.31. The molecular formula is C14H26N2O3. The second-order valence-electron chi connectivity index (χ2n) is 5.38. The maximum absolute atomic E-state index is 11.7. The summed E-state index contributed by atoms with van der Waals surface area (Å²) in [6.07, 6.45) is 5.85. The van der Waals surface area contributed by atoms with Gasteiger partial charge < -0.3 is 15.7 Å². The van der Waals surface area contributed by atoms with Crippen molar-refractivity contribution >= 4 is 11.9 Å². The maximum Gasteiger partial charge on any atom is 0.311 e. The zero-order valence-corrected chi connectivity index (χ0v) is 11.8. The van der Waals surface area contributed by atoms with E-state index in [1.54, 1.807) is 0 Å². The molecule has 0 heterocycles. The summed E-state index contributed by atoms with van der Waals surface area (Å²) in [4.78, 5) is 23.2. The lowest BCUT2D eigenvalue weighted by molar-refractivity contribution is -0.149. The van der Waals surface area contributed by atoms with Crippen molar-refractivity contribution in [3.63, 3.8) is 0 Å². The summed E-state index contributed by atoms with van der Waals surface area (Å²) in [6, 6.07) is 0. The van der Waals surface area contributed by atoms with Crippen LogP contribution in [0.25, 0.3) is 0 Å². The molecule has 0 atom stereocenters. The summed E-state index contributed by atoms with van der Waals surface area (Å²) in [5.74, 6) is -0.827. The summed E-state index contributed by atoms with van der Waals surface area (Å²) in [6.45, 7) is 3.74. The van der Waals surface area contributed by atoms with E-state index in [2.05, 4.69) is 10.6 Å². The van der Waals surface area contributed by atoms with Gasteiger partial charge in [0.1, 0.15) is 0 Å². The van der Waals surface area contributed by atoms with Crippen molar-refractivity contribution in [1.82, 2.24) is 10.6 Å². The van der Waals surface area contributed by atoms with Gasteiger partial charge in [-0.2, -0.15) is 0 Å². The van der Waals surface area contributed by atoms with E-state index in [0.717, 1.165) is 32.2 Å². The quantitative estimate of drug-likeness (QED) is 0.484. The van der Waals surface area contributed by atoms with Crippen LogP contribution in [0.3, 0.4) is 0 Å². The summed E-state index contributed by atoms with van der Waals surface area (Å²) in [5, 5.41) is 15.4. The van der Waals surface area contributed by atoms with Crippen molar-refractivity contribution in [2.75, 3.05) is 19.6 Å². The lowest BCUT2D eigenvalue weighted by atomic mass is 9.80. The first-order valence-electron chi connectivity index (χ1n) is 7.31. The predicted molar refractivity (Wildman–Crippen MR) is 73.9 cm³/mol. The molecule has 0 saturated heterocycles. The van der Waals surface area contributed by atoms with Crippen LogP contribution in [0.4, 0.5) is 0 Å². The van der Waals surface area contributed by atoms with Gasteiger partial charge in [-0.3, -0.25) is 9.59 Å². The monoisotopic (exact) mass is 270 g/mol. The predicted octanol–water partition coefficient (Wildman–Crippen LogP) is 1.53. The van der Waals surface area contributed by atoms with Gasteiger partial charge >= 0.3 is 5.97 Å². The second kappa shape index (κ2) is 8.15. The molecule has 3 N–H and O–H groups in total. The molecule has 110 valence electrons. The highest BCUT2D eigenvalue weighted by molar-refractivity contribution is 5.79. The number of hydrogen-bond donors (Lipinski definition) is 3. The fraction of sp³-hybridized carbons (Fsp3) is 0.857. The molecule has 0 aromatic carbocycles. The van der Waals surface area contributed by atoms with Crippen molar-refractivity contribution in [1.29, 1.82) is 0 Å². The van der Waals surface area contributed by atoms with Crippen LogP contribution in [0, 0.1) is 5.41 Å². The number of carboxylic acid groups (broad SMARTS) is 1. The number of nitrogens with one attached hydrogen (secondary N) is 2. The van der Waals surface area contributed by atoms with Gasteiger partial charge in [-0.05, 0) is 19.4 Å². The van der Waals surface area contributed by atoms with E-state index < -0.39 is 11.4 Å². The topological polar surface area (TPSA) is 78.4 Å². The molecule has 0 unspecified atom stereocenters. The largest absolute Gasteiger partial charge is 0.481 e. The molecule has 1 aliphatic rings. The third-order valence-corrected chi connectivity index (χ3v) is 3.92. The highest BCUT2D eigenvalue weighted by Gasteiger charge is 2.38. The molecular weight excluding hydrogens is 244 g/mol. The number of hydrogen-bond acceptors (Lipinski definition) is 3. The van der Waals surface area contributed by atoms with E-state index in [4.69, 9.17) is 0 Å². The van der Waals surface area contributed by atoms with Crippen LogP contribution in [0.1, 0.15) is 51.9 Å². The molecule has 1 fully saturated rings. The Morgan fingerprint density at radius 3 is 2.32 bits per heavy atom. The van der Waals surface area contributed by atoms with E-state index in [1.807, 2.05) is 6.92 Å². The molecule has 0 radical (unpaired) electrons. The minimum absolute atomic E-state index is 0.0641. The van der Waals surface area contributed by atoms with Gasteiger partial charge in [-0.25, -0.2) is 0 Å². The van der Waals surface area contributed by atoms with Gasteiger partial charge in [-0.1, -0.05) is 32.6 Å². The minimum atomic E-state index is -0.763. The van der Waals surface area contributed by atoms with Crippen LogP contribution < -0.4 is 10.6 Å². The Morgan fingerprint density at radius 2 is 1.79 bits per heavy atom. The number of rotatable bonds is 7. The van der Waals surface area contributed by atoms with Gasteiger partial charge in [-0.15, -0.1) is 0 Å². The van der Waals surface area contributed by atoms with Crippen LogP contribution in [-0.2, 0) is 9.59 Å². The van der Waals surface area contributed by atoms with Crippen molar-refractivity contribution < 1.29 is 14.7 Å². The molecule has 0 spiro atoms. The lowest BCUT2D eigenvalue weighted by Gasteiger charge is -2.28. The highest BCUT2D eigenvalue weighted by Crippen LogP contribution is 2.34. The Morgan fingerprint density at radius 1 is 1.16 bits per heavy atom. The van der Waals surface area contributed by atoms with Crippen molar-refractivity contribution in [2.45, 2.75) is 51.9 Å². The lowest BCUT2D eigenvalue weighted by Crippen LogP contribution is -2.43. The summed E-state index contributed by atoms with van der Waals surface area (Å²) in [7, 11) is 0. The van der Waals surface area contributed by atoms with E-state index in [9.17, 15) is 14.7 Å². The average Bonchev–Trinajstić information content (AvgIpc) is 2.63. The van der Waals surface area contributed by atoms with Crippen LogP contribution in [0.2, 0.25) is 0 Å². The molecule has 1 aliphatic carbocycles. The molecule has 0 aromatic rings. The standard InChI is InChI=1S/C14H26N2O3/c1-2-15-10-7-12(17)16-11-14(13(18)19)8-5-3-4-6-9-14/h15H,2-11H2,1H3,(H,16,17)(H,18,19). The molecule has 5 heteroatoms. The molecule has 0 aromatic heterocycles. The van der Waals surface area contributed by atoms with E-state index in [1.165, 1.54) is 0 Å². The molecule has 1 rings (SSSR count). The minimum Gasteiger partial charge on any atom is -0.481 e. The second-order valence-corrected chi connectivity index (χ2v) is 5.38. The fourth-order valence-electron chi connectivity index (χ4n) is 2.61. The Labute approximate surface area is 115 Å². The molecule has 1 saturated carbocycles. The van der Waals surface area contributed by atoms with Gasteiger partial charge in [0, 0.05) is 19.5 Å². The van der Waals surface area contributed by atoms with Crippen LogP contribution in [-0.4, -0.2) is 36.6 Å². The Balaban J connectivity index is 2.45. The SMILES string of the molecule is CCNCCC(=O)NCC1(C(=O)O)CCCCCC1. The van der Waals surface area contributed by atoms with E-state index >= 15 is 0 Å². The van der Waals surface area contributed by atoms with Gasteiger partial charge in [0.2, 0.25) is 5.91 Å². The molecule has 0 bridgehead atoms. The van der Waals surface area contributed by atoms with Gasteiger partial charge in [0.05, 0.1) is 5.41 Å². The fourth-order valence-corrected chi connectivity index (χ4v) is 2.61. The average molecular weight is 270 g/mol. The van der Waals surface area contributed by atoms with E-state index in [0.29, 0.717) is 25.8 Å². The number of carbonyl (C=O) groups is 2. The molecule has 0 aliphatic heterocycles. The van der Waals surface area contributed by atoms with Gasteiger partial charge in [0.15, 0.2) is 0 Å². The molecule has 5 nitrogen and oxygen atoms in total. The number of amides is 1. The Bertz CT molecular complexity index is 297. The van der Waals surface area contributed by atoms with Crippen LogP contribution >= 0.6 is 0 Å². The first-order chi connectivity index (χ1) is 9.10. The third-order valence-electron chi connectivity index (χ3n) is 3.92. The summed E-state index contributed by atoms with van der Waals surface area (Å²) >= 11 is 0.